The van der Waals surface area contributed by atoms with Crippen molar-refractivity contribution >= 4 is 17.8 Å². The molecule has 3 fully saturated rings. The summed E-state index contributed by atoms with van der Waals surface area (Å²) in [5.41, 5.74) is -2.02. The van der Waals surface area contributed by atoms with Crippen LogP contribution in [-0.2, 0) is 23.9 Å². The molecule has 2 unspecified atom stereocenters. The van der Waals surface area contributed by atoms with Crippen molar-refractivity contribution in [3.63, 3.8) is 0 Å². The molecule has 3 rings (SSSR count). The SMILES string of the molecule is C=CCOC(=O)[C@H]1[C@H]2C(=O)N([C@@H](CO)C(C)C)C(C(=O)N(CC=C)CCCC)C23CC[C@]1(C)O3. The van der Waals surface area contributed by atoms with Crippen molar-refractivity contribution in [3.05, 3.63) is 25.3 Å². The molecule has 0 aliphatic carbocycles. The molecule has 0 saturated carbocycles. The van der Waals surface area contributed by atoms with Crippen LogP contribution in [0.5, 0.6) is 0 Å². The predicted octanol–water partition coefficient (Wildman–Crippen LogP) is 2.31. The zero-order valence-corrected chi connectivity index (χ0v) is 21.0. The Morgan fingerprint density at radius 3 is 2.59 bits per heavy atom. The van der Waals surface area contributed by atoms with Gasteiger partial charge in [-0.2, -0.15) is 0 Å². The molecular weight excluding hydrogens is 436 g/mol. The number of unbranched alkanes of at least 4 members (excludes halogenated alkanes) is 1. The van der Waals surface area contributed by atoms with E-state index in [4.69, 9.17) is 9.47 Å². The highest BCUT2D eigenvalue weighted by Gasteiger charge is 2.79. The van der Waals surface area contributed by atoms with Gasteiger partial charge in [-0.1, -0.05) is 45.9 Å². The maximum Gasteiger partial charge on any atom is 0.313 e. The van der Waals surface area contributed by atoms with Gasteiger partial charge in [0.25, 0.3) is 0 Å². The van der Waals surface area contributed by atoms with Crippen molar-refractivity contribution in [1.82, 2.24) is 9.80 Å². The summed E-state index contributed by atoms with van der Waals surface area (Å²) in [4.78, 5) is 44.5. The molecule has 3 aliphatic rings. The Kier molecular flexibility index (Phi) is 7.92. The molecule has 190 valence electrons. The molecule has 0 aromatic heterocycles. The first-order valence-electron chi connectivity index (χ1n) is 12.4. The first-order valence-corrected chi connectivity index (χ1v) is 12.4. The van der Waals surface area contributed by atoms with Gasteiger partial charge in [0, 0.05) is 13.1 Å². The summed E-state index contributed by atoms with van der Waals surface area (Å²) in [5, 5.41) is 10.3. The Hall–Kier alpha value is -2.19. The van der Waals surface area contributed by atoms with Crippen molar-refractivity contribution in [2.24, 2.45) is 17.8 Å². The summed E-state index contributed by atoms with van der Waals surface area (Å²) in [6, 6.07) is -1.49. The van der Waals surface area contributed by atoms with Crippen LogP contribution in [0.2, 0.25) is 0 Å². The highest BCUT2D eigenvalue weighted by atomic mass is 16.6. The lowest BCUT2D eigenvalue weighted by Crippen LogP contribution is -2.59. The summed E-state index contributed by atoms with van der Waals surface area (Å²) in [6.45, 7) is 15.8. The van der Waals surface area contributed by atoms with E-state index in [2.05, 4.69) is 20.1 Å². The quantitative estimate of drug-likeness (QED) is 0.343. The topological polar surface area (TPSA) is 96.4 Å². The minimum absolute atomic E-state index is 0.0424. The molecule has 3 saturated heterocycles. The molecule has 34 heavy (non-hydrogen) atoms. The monoisotopic (exact) mass is 476 g/mol. The second kappa shape index (κ2) is 10.2. The van der Waals surface area contributed by atoms with Crippen LogP contribution in [0.25, 0.3) is 0 Å². The summed E-state index contributed by atoms with van der Waals surface area (Å²) < 4.78 is 12.0. The number of hydrogen-bond acceptors (Lipinski definition) is 6. The molecule has 0 radical (unpaired) electrons. The van der Waals surface area contributed by atoms with E-state index in [0.29, 0.717) is 25.9 Å². The average Bonchev–Trinajstić information content (AvgIpc) is 3.36. The van der Waals surface area contributed by atoms with Gasteiger partial charge in [0.05, 0.1) is 24.2 Å². The summed E-state index contributed by atoms with van der Waals surface area (Å²) in [6.07, 6.45) is 5.94. The van der Waals surface area contributed by atoms with Gasteiger partial charge in [-0.25, -0.2) is 0 Å². The maximum atomic E-state index is 14.1. The summed E-state index contributed by atoms with van der Waals surface area (Å²) in [7, 11) is 0. The summed E-state index contributed by atoms with van der Waals surface area (Å²) in [5.74, 6) is -2.78. The predicted molar refractivity (Wildman–Crippen MR) is 128 cm³/mol. The molecule has 1 spiro atoms. The molecule has 2 amide bonds. The second-order valence-corrected chi connectivity index (χ2v) is 10.3. The molecule has 2 bridgehead atoms. The number of amides is 2. The van der Waals surface area contributed by atoms with Crippen molar-refractivity contribution in [2.45, 2.75) is 76.7 Å². The average molecular weight is 477 g/mol. The third kappa shape index (κ3) is 4.09. The zero-order chi connectivity index (χ0) is 25.3. The number of likely N-dealkylation sites (tertiary alicyclic amines) is 1. The number of fused-ring (bicyclic) bond motifs is 1. The van der Waals surface area contributed by atoms with Crippen LogP contribution in [0.3, 0.4) is 0 Å². The van der Waals surface area contributed by atoms with Gasteiger partial charge >= 0.3 is 5.97 Å². The van der Waals surface area contributed by atoms with E-state index in [0.717, 1.165) is 12.8 Å². The Morgan fingerprint density at radius 2 is 2.03 bits per heavy atom. The van der Waals surface area contributed by atoms with E-state index in [1.54, 1.807) is 11.0 Å². The third-order valence-corrected chi connectivity index (χ3v) is 7.80. The van der Waals surface area contributed by atoms with Gasteiger partial charge in [0.15, 0.2) is 0 Å². The first-order chi connectivity index (χ1) is 16.1. The van der Waals surface area contributed by atoms with Gasteiger partial charge in [-0.05, 0) is 32.1 Å². The first kappa shape index (κ1) is 26.4. The lowest BCUT2D eigenvalue weighted by molar-refractivity contribution is -0.161. The molecule has 8 heteroatoms. The highest BCUT2D eigenvalue weighted by Crippen LogP contribution is 2.63. The minimum atomic E-state index is -1.13. The lowest BCUT2D eigenvalue weighted by Gasteiger charge is -2.40. The second-order valence-electron chi connectivity index (χ2n) is 10.3. The fraction of sp³-hybridized carbons (Fsp3) is 0.731. The Balaban J connectivity index is 2.11. The van der Waals surface area contributed by atoms with E-state index in [1.807, 2.05) is 20.8 Å². The molecule has 6 atom stereocenters. The van der Waals surface area contributed by atoms with Crippen LogP contribution in [0.1, 0.15) is 53.4 Å². The van der Waals surface area contributed by atoms with Gasteiger partial charge in [-0.3, -0.25) is 14.4 Å². The largest absolute Gasteiger partial charge is 0.461 e. The van der Waals surface area contributed by atoms with Crippen molar-refractivity contribution in [2.75, 3.05) is 26.3 Å². The van der Waals surface area contributed by atoms with E-state index >= 15 is 0 Å². The van der Waals surface area contributed by atoms with Gasteiger partial charge in [0.1, 0.15) is 24.2 Å². The number of nitrogens with zero attached hydrogens (tertiary/aromatic N) is 2. The molecular formula is C26H40N2O6. The molecule has 3 heterocycles. The number of carbonyl (C=O) groups excluding carboxylic acids is 3. The Labute approximate surface area is 202 Å². The van der Waals surface area contributed by atoms with Crippen molar-refractivity contribution in [3.8, 4) is 0 Å². The fourth-order valence-corrected chi connectivity index (χ4v) is 6.18. The van der Waals surface area contributed by atoms with Gasteiger partial charge in [-0.15, -0.1) is 6.58 Å². The number of aliphatic hydroxyl groups excluding tert-OH is 1. The Morgan fingerprint density at radius 1 is 1.32 bits per heavy atom. The highest BCUT2D eigenvalue weighted by molar-refractivity contribution is 5.98. The molecule has 0 aromatic rings. The van der Waals surface area contributed by atoms with Crippen LogP contribution in [0, 0.1) is 17.8 Å². The van der Waals surface area contributed by atoms with Crippen LogP contribution >= 0.6 is 0 Å². The van der Waals surface area contributed by atoms with Crippen molar-refractivity contribution < 1.29 is 29.0 Å². The van der Waals surface area contributed by atoms with E-state index in [9.17, 15) is 19.5 Å². The number of hydrogen-bond donors (Lipinski definition) is 1. The number of esters is 1. The van der Waals surface area contributed by atoms with Crippen LogP contribution in [0.4, 0.5) is 0 Å². The summed E-state index contributed by atoms with van der Waals surface area (Å²) >= 11 is 0. The fourth-order valence-electron chi connectivity index (χ4n) is 6.18. The molecule has 3 aliphatic heterocycles. The van der Waals surface area contributed by atoms with Crippen LogP contribution in [0.15, 0.2) is 25.3 Å². The van der Waals surface area contributed by atoms with E-state index in [1.165, 1.54) is 11.0 Å². The van der Waals surface area contributed by atoms with Gasteiger partial charge < -0.3 is 24.4 Å². The standard InChI is InChI=1S/C26H40N2O6/c1-7-10-14-27(13-8-2)23(31)21-26-12-11-25(6,34-26)20(24(32)33-15-9-3)19(26)22(30)28(21)18(16-29)17(4)5/h8-9,17-21,29H,2-3,7,10-16H2,1,4-6H3/t18-,19-,20+,21?,25-,26?/m0/s1. The number of ether oxygens (including phenoxy) is 2. The third-order valence-electron chi connectivity index (χ3n) is 7.80. The normalized spacial score (nSPS) is 32.6. The minimum Gasteiger partial charge on any atom is -0.461 e. The smallest absolute Gasteiger partial charge is 0.313 e. The van der Waals surface area contributed by atoms with Crippen LogP contribution in [-0.4, -0.2) is 82.3 Å². The number of carbonyl (C=O) groups is 3. The molecule has 8 nitrogen and oxygen atoms in total. The maximum absolute atomic E-state index is 14.1. The van der Waals surface area contributed by atoms with Gasteiger partial charge in [0.2, 0.25) is 11.8 Å². The number of rotatable bonds is 12. The zero-order valence-electron chi connectivity index (χ0n) is 21.0. The van der Waals surface area contributed by atoms with E-state index < -0.39 is 41.1 Å². The Bertz CT molecular complexity index is 828. The van der Waals surface area contributed by atoms with Crippen molar-refractivity contribution in [1.29, 1.82) is 0 Å². The molecule has 1 N–H and O–H groups in total. The molecule has 0 aromatic carbocycles. The van der Waals surface area contributed by atoms with E-state index in [-0.39, 0.29) is 30.9 Å². The number of aliphatic hydroxyl groups is 1. The lowest BCUT2D eigenvalue weighted by atomic mass is 9.66. The van der Waals surface area contributed by atoms with Crippen LogP contribution < -0.4 is 0 Å².